The lowest BCUT2D eigenvalue weighted by atomic mass is 10.2. The highest BCUT2D eigenvalue weighted by Crippen LogP contribution is 2.22. The third-order valence-electron chi connectivity index (χ3n) is 3.67. The van der Waals surface area contributed by atoms with E-state index in [1.165, 1.54) is 19.9 Å². The second kappa shape index (κ2) is 7.86. The maximum absolute atomic E-state index is 12.2. The van der Waals surface area contributed by atoms with Gasteiger partial charge >= 0.3 is 5.97 Å². The van der Waals surface area contributed by atoms with Crippen LogP contribution in [-0.4, -0.2) is 44.8 Å². The summed E-state index contributed by atoms with van der Waals surface area (Å²) in [4.78, 5) is 28.3. The predicted molar refractivity (Wildman–Crippen MR) is 96.2 cm³/mol. The van der Waals surface area contributed by atoms with Gasteiger partial charge in [0.05, 0.1) is 4.90 Å². The predicted octanol–water partition coefficient (Wildman–Crippen LogP) is 0.817. The highest BCUT2D eigenvalue weighted by atomic mass is 32.2. The van der Waals surface area contributed by atoms with Gasteiger partial charge in [0.1, 0.15) is 11.9 Å². The van der Waals surface area contributed by atoms with E-state index in [1.807, 2.05) is 13.8 Å². The Hall–Kier alpha value is -2.42. The second-order valence-electron chi connectivity index (χ2n) is 6.47. The fraction of sp³-hybridized carbons (Fsp3) is 0.471. The molecule has 2 atom stereocenters. The monoisotopic (exact) mass is 381 g/mol. The molecule has 2 N–H and O–H groups in total. The van der Waals surface area contributed by atoms with Crippen molar-refractivity contribution in [3.05, 3.63) is 29.8 Å². The number of amidine groups is 1. The molecule has 0 radical (unpaired) electrons. The zero-order valence-corrected chi connectivity index (χ0v) is 16.0. The van der Waals surface area contributed by atoms with Crippen molar-refractivity contribution in [3.8, 4) is 0 Å². The molecule has 0 spiro atoms. The zero-order chi connectivity index (χ0) is 19.5. The molecule has 2 rings (SSSR count). The number of sulfonamides is 1. The van der Waals surface area contributed by atoms with Crippen molar-refractivity contribution in [3.63, 3.8) is 0 Å². The third kappa shape index (κ3) is 4.60. The normalized spacial score (nSPS) is 18.7. The molecule has 1 amide bonds. The van der Waals surface area contributed by atoms with Gasteiger partial charge in [0.25, 0.3) is 15.9 Å². The van der Waals surface area contributed by atoms with E-state index in [4.69, 9.17) is 4.74 Å². The summed E-state index contributed by atoms with van der Waals surface area (Å²) in [7, 11) is -3.68. The Morgan fingerprint density at radius 1 is 1.19 bits per heavy atom. The van der Waals surface area contributed by atoms with Crippen LogP contribution in [0.25, 0.3) is 0 Å². The van der Waals surface area contributed by atoms with Gasteiger partial charge in [0.2, 0.25) is 0 Å². The van der Waals surface area contributed by atoms with Gasteiger partial charge in [0.15, 0.2) is 6.10 Å². The molecule has 142 valence electrons. The lowest BCUT2D eigenvalue weighted by Crippen LogP contribution is -2.39. The van der Waals surface area contributed by atoms with E-state index in [0.717, 1.165) is 0 Å². The highest BCUT2D eigenvalue weighted by Gasteiger charge is 2.31. The standard InChI is InChI=1S/C17H23N3O5S/c1-10(2)9-18-16(21)12(4)25-17(22)11(3)19-15-13-7-5-6-8-14(13)26(23,24)20-15/h5-8,10-12H,9H2,1-4H3,(H,18,21)(H,19,20)/t11-,12-/m0/s1. The number of carbonyl (C=O) groups excluding carboxylic acids is 2. The first kappa shape index (κ1) is 19.9. The van der Waals surface area contributed by atoms with Gasteiger partial charge in [-0.05, 0) is 31.9 Å². The third-order valence-corrected chi connectivity index (χ3v) is 5.07. The van der Waals surface area contributed by atoms with Gasteiger partial charge < -0.3 is 10.1 Å². The molecule has 1 aliphatic heterocycles. The minimum Gasteiger partial charge on any atom is -0.451 e. The molecule has 0 aromatic heterocycles. The molecule has 26 heavy (non-hydrogen) atoms. The second-order valence-corrected chi connectivity index (χ2v) is 8.12. The van der Waals surface area contributed by atoms with Crippen LogP contribution in [0.5, 0.6) is 0 Å². The lowest BCUT2D eigenvalue weighted by molar-refractivity contribution is -0.155. The Balaban J connectivity index is 2.06. The number of hydrogen-bond donors (Lipinski definition) is 2. The van der Waals surface area contributed by atoms with Crippen molar-refractivity contribution < 1.29 is 22.7 Å². The quantitative estimate of drug-likeness (QED) is 0.708. The Morgan fingerprint density at radius 2 is 1.85 bits per heavy atom. The van der Waals surface area contributed by atoms with Crippen LogP contribution in [0, 0.1) is 5.92 Å². The van der Waals surface area contributed by atoms with Crippen molar-refractivity contribution >= 4 is 27.7 Å². The molecule has 1 heterocycles. The van der Waals surface area contributed by atoms with E-state index in [2.05, 4.69) is 15.0 Å². The molecule has 8 nitrogen and oxygen atoms in total. The number of nitrogens with zero attached hydrogens (tertiary/aromatic N) is 1. The van der Waals surface area contributed by atoms with Crippen LogP contribution in [0.3, 0.4) is 0 Å². The highest BCUT2D eigenvalue weighted by molar-refractivity contribution is 7.90. The summed E-state index contributed by atoms with van der Waals surface area (Å²) in [6.07, 6.45) is -0.962. The number of rotatable bonds is 6. The maximum atomic E-state index is 12.2. The summed E-state index contributed by atoms with van der Waals surface area (Å²) in [5, 5.41) is 2.68. The molecule has 1 aromatic carbocycles. The molecule has 0 bridgehead atoms. The van der Waals surface area contributed by atoms with Crippen molar-refractivity contribution in [2.45, 2.75) is 44.7 Å². The summed E-state index contributed by atoms with van der Waals surface area (Å²) < 4.78 is 31.5. The molecule has 0 saturated heterocycles. The number of fused-ring (bicyclic) bond motifs is 1. The molecular weight excluding hydrogens is 358 g/mol. The molecule has 0 unspecified atom stereocenters. The Bertz CT molecular complexity index is 833. The maximum Gasteiger partial charge on any atom is 0.331 e. The fourth-order valence-corrected chi connectivity index (χ4v) is 3.49. The van der Waals surface area contributed by atoms with Crippen LogP contribution in [0.1, 0.15) is 33.3 Å². The van der Waals surface area contributed by atoms with Gasteiger partial charge in [0, 0.05) is 12.1 Å². The summed E-state index contributed by atoms with van der Waals surface area (Å²) in [6, 6.07) is 5.38. The minimum atomic E-state index is -3.68. The molecule has 0 saturated carbocycles. The van der Waals surface area contributed by atoms with E-state index >= 15 is 0 Å². The largest absolute Gasteiger partial charge is 0.451 e. The van der Waals surface area contributed by atoms with Gasteiger partial charge in [-0.3, -0.25) is 14.5 Å². The van der Waals surface area contributed by atoms with Crippen LogP contribution in [0.4, 0.5) is 0 Å². The van der Waals surface area contributed by atoms with Crippen molar-refractivity contribution in [2.75, 3.05) is 6.54 Å². The van der Waals surface area contributed by atoms with Crippen molar-refractivity contribution in [2.24, 2.45) is 10.9 Å². The Kier molecular flexibility index (Phi) is 6.01. The summed E-state index contributed by atoms with van der Waals surface area (Å²) in [6.45, 7) is 7.34. The SMILES string of the molecule is CC(C)CNC(=O)[C@H](C)OC(=O)[C@H](C)N=C1NS(=O)(=O)c2ccccc21. The molecule has 9 heteroatoms. The number of amides is 1. The minimum absolute atomic E-state index is 0.0852. The molecule has 0 aliphatic carbocycles. The summed E-state index contributed by atoms with van der Waals surface area (Å²) in [5.74, 6) is -0.739. The molecule has 1 aliphatic rings. The first-order valence-corrected chi connectivity index (χ1v) is 9.78. The Morgan fingerprint density at radius 3 is 2.50 bits per heavy atom. The smallest absolute Gasteiger partial charge is 0.331 e. The number of hydrogen-bond acceptors (Lipinski definition) is 6. The number of esters is 1. The molecule has 0 fully saturated rings. The summed E-state index contributed by atoms with van der Waals surface area (Å²) >= 11 is 0. The van der Waals surface area contributed by atoms with Crippen molar-refractivity contribution in [1.82, 2.24) is 10.0 Å². The van der Waals surface area contributed by atoms with Crippen LogP contribution in [0.15, 0.2) is 34.2 Å². The Labute approximate surface area is 153 Å². The number of benzene rings is 1. The van der Waals surface area contributed by atoms with E-state index in [9.17, 15) is 18.0 Å². The van der Waals surface area contributed by atoms with E-state index in [1.54, 1.807) is 18.2 Å². The first-order valence-electron chi connectivity index (χ1n) is 8.30. The number of carbonyl (C=O) groups is 2. The van der Waals surface area contributed by atoms with Crippen LogP contribution in [-0.2, 0) is 24.3 Å². The molecule has 1 aromatic rings. The average molecular weight is 381 g/mol. The van der Waals surface area contributed by atoms with Crippen LogP contribution in [0.2, 0.25) is 0 Å². The van der Waals surface area contributed by atoms with Crippen LogP contribution >= 0.6 is 0 Å². The average Bonchev–Trinajstić information content (AvgIpc) is 2.83. The fourth-order valence-electron chi connectivity index (χ4n) is 2.25. The lowest BCUT2D eigenvalue weighted by Gasteiger charge is -2.16. The number of nitrogens with one attached hydrogen (secondary N) is 2. The summed E-state index contributed by atoms with van der Waals surface area (Å²) in [5.41, 5.74) is 0.398. The van der Waals surface area contributed by atoms with Gasteiger partial charge in [-0.2, -0.15) is 0 Å². The van der Waals surface area contributed by atoms with Crippen LogP contribution < -0.4 is 10.0 Å². The first-order chi connectivity index (χ1) is 12.1. The number of aliphatic imine (C=N–C) groups is 1. The van der Waals surface area contributed by atoms with E-state index in [-0.39, 0.29) is 22.6 Å². The number of ether oxygens (including phenoxy) is 1. The van der Waals surface area contributed by atoms with Gasteiger partial charge in [-0.25, -0.2) is 13.2 Å². The molecular formula is C17H23N3O5S. The van der Waals surface area contributed by atoms with Gasteiger partial charge in [-0.15, -0.1) is 0 Å². The van der Waals surface area contributed by atoms with E-state index < -0.39 is 28.1 Å². The van der Waals surface area contributed by atoms with Crippen molar-refractivity contribution in [1.29, 1.82) is 0 Å². The van der Waals surface area contributed by atoms with E-state index in [0.29, 0.717) is 12.1 Å². The zero-order valence-electron chi connectivity index (χ0n) is 15.1. The van der Waals surface area contributed by atoms with Gasteiger partial charge in [-0.1, -0.05) is 26.0 Å². The topological polar surface area (TPSA) is 114 Å².